The van der Waals surface area contributed by atoms with Crippen LogP contribution in [-0.2, 0) is 6.42 Å². The van der Waals surface area contributed by atoms with Gasteiger partial charge >= 0.3 is 12.2 Å². The van der Waals surface area contributed by atoms with Crippen molar-refractivity contribution >= 4 is 23.6 Å². The first kappa shape index (κ1) is 18.3. The Morgan fingerprint density at radius 3 is 1.92 bits per heavy atom. The molecule has 0 unspecified atom stereocenters. The number of benzene rings is 2. The molecule has 0 saturated heterocycles. The summed E-state index contributed by atoms with van der Waals surface area (Å²) in [5.41, 5.74) is 3.18. The van der Waals surface area contributed by atoms with Gasteiger partial charge in [-0.15, -0.1) is 0 Å². The van der Waals surface area contributed by atoms with Gasteiger partial charge in [0.15, 0.2) is 0 Å². The lowest BCUT2D eigenvalue weighted by Gasteiger charge is -2.21. The summed E-state index contributed by atoms with van der Waals surface area (Å²) in [5.74, 6) is 0. The molecule has 0 aliphatic rings. The van der Waals surface area contributed by atoms with Crippen molar-refractivity contribution in [3.63, 3.8) is 0 Å². The predicted octanol–water partition coefficient (Wildman–Crippen LogP) is 4.29. The standard InChI is InChI=1S/C19H22N2O4/c1-3-20(18(22)23)16-11-9-14(10-12-16)13-15-7-5-6-8-17(15)21(4-2)19(24)25/h5-12H,3-4,13H2,1-2H3,(H,22,23)(H,24,25). The molecule has 2 N–H and O–H groups in total. The Balaban J connectivity index is 2.26. The molecular weight excluding hydrogens is 320 g/mol. The average Bonchev–Trinajstić information content (AvgIpc) is 2.58. The molecule has 0 radical (unpaired) electrons. The van der Waals surface area contributed by atoms with Gasteiger partial charge in [-0.1, -0.05) is 30.3 Å². The number of para-hydroxylation sites is 1. The maximum atomic E-state index is 11.4. The molecule has 0 aliphatic carbocycles. The Kier molecular flexibility index (Phi) is 6.00. The van der Waals surface area contributed by atoms with Crippen LogP contribution in [0.15, 0.2) is 48.5 Å². The van der Waals surface area contributed by atoms with Gasteiger partial charge in [0.25, 0.3) is 0 Å². The van der Waals surface area contributed by atoms with Crippen molar-refractivity contribution in [2.45, 2.75) is 20.3 Å². The highest BCUT2D eigenvalue weighted by molar-refractivity contribution is 5.87. The number of rotatable bonds is 6. The second-order valence-electron chi connectivity index (χ2n) is 5.53. The summed E-state index contributed by atoms with van der Waals surface area (Å²) in [6.45, 7) is 4.32. The zero-order valence-electron chi connectivity index (χ0n) is 14.3. The van der Waals surface area contributed by atoms with Crippen molar-refractivity contribution in [3.8, 4) is 0 Å². The fraction of sp³-hybridized carbons (Fsp3) is 0.263. The Morgan fingerprint density at radius 2 is 1.40 bits per heavy atom. The molecule has 2 amide bonds. The second-order valence-corrected chi connectivity index (χ2v) is 5.53. The lowest BCUT2D eigenvalue weighted by molar-refractivity contribution is 0.201. The van der Waals surface area contributed by atoms with Crippen LogP contribution in [0.1, 0.15) is 25.0 Å². The zero-order chi connectivity index (χ0) is 18.4. The van der Waals surface area contributed by atoms with Crippen molar-refractivity contribution in [1.29, 1.82) is 0 Å². The average molecular weight is 342 g/mol. The van der Waals surface area contributed by atoms with Gasteiger partial charge in [-0.05, 0) is 49.6 Å². The van der Waals surface area contributed by atoms with Crippen LogP contribution in [0.3, 0.4) is 0 Å². The summed E-state index contributed by atoms with van der Waals surface area (Å²) in [6, 6.07) is 14.7. The lowest BCUT2D eigenvalue weighted by atomic mass is 10.0. The molecule has 6 nitrogen and oxygen atoms in total. The molecule has 2 aromatic rings. The van der Waals surface area contributed by atoms with E-state index in [1.54, 1.807) is 32.0 Å². The van der Waals surface area contributed by atoms with E-state index in [1.807, 2.05) is 30.3 Å². The van der Waals surface area contributed by atoms with Crippen LogP contribution in [0.25, 0.3) is 0 Å². The van der Waals surface area contributed by atoms with E-state index in [4.69, 9.17) is 0 Å². The van der Waals surface area contributed by atoms with Crippen LogP contribution in [0, 0.1) is 0 Å². The molecule has 0 aliphatic heterocycles. The van der Waals surface area contributed by atoms with Crippen LogP contribution >= 0.6 is 0 Å². The normalized spacial score (nSPS) is 10.3. The smallest absolute Gasteiger partial charge is 0.411 e. The fourth-order valence-electron chi connectivity index (χ4n) is 2.77. The third-order valence-electron chi connectivity index (χ3n) is 4.02. The molecule has 0 atom stereocenters. The molecule has 0 bridgehead atoms. The van der Waals surface area contributed by atoms with Gasteiger partial charge in [0.05, 0.1) is 5.69 Å². The second kappa shape index (κ2) is 8.19. The number of anilines is 2. The number of amides is 2. The van der Waals surface area contributed by atoms with Gasteiger partial charge in [-0.2, -0.15) is 0 Å². The number of carboxylic acid groups (broad SMARTS) is 2. The topological polar surface area (TPSA) is 81.1 Å². The molecule has 2 rings (SSSR count). The number of carbonyl (C=O) groups is 2. The van der Waals surface area contributed by atoms with Crippen LogP contribution in [0.4, 0.5) is 21.0 Å². The fourth-order valence-corrected chi connectivity index (χ4v) is 2.77. The lowest BCUT2D eigenvalue weighted by Crippen LogP contribution is -2.29. The third-order valence-corrected chi connectivity index (χ3v) is 4.02. The minimum absolute atomic E-state index is 0.370. The third kappa shape index (κ3) is 4.29. The van der Waals surface area contributed by atoms with E-state index < -0.39 is 12.2 Å². The molecule has 132 valence electrons. The van der Waals surface area contributed by atoms with Crippen LogP contribution in [0.5, 0.6) is 0 Å². The highest BCUT2D eigenvalue weighted by Gasteiger charge is 2.16. The minimum Gasteiger partial charge on any atom is -0.465 e. The van der Waals surface area contributed by atoms with Crippen LogP contribution < -0.4 is 9.80 Å². The molecule has 0 heterocycles. The van der Waals surface area contributed by atoms with Crippen molar-refractivity contribution < 1.29 is 19.8 Å². The molecule has 0 fully saturated rings. The molecular formula is C19H22N2O4. The van der Waals surface area contributed by atoms with E-state index in [0.29, 0.717) is 30.9 Å². The highest BCUT2D eigenvalue weighted by atomic mass is 16.4. The van der Waals surface area contributed by atoms with Gasteiger partial charge in [0.1, 0.15) is 0 Å². The van der Waals surface area contributed by atoms with Gasteiger partial charge in [-0.25, -0.2) is 9.59 Å². The SMILES string of the molecule is CCN(C(=O)O)c1ccc(Cc2ccccc2N(CC)C(=O)O)cc1. The van der Waals surface area contributed by atoms with E-state index in [1.165, 1.54) is 9.80 Å². The maximum Gasteiger partial charge on any atom is 0.411 e. The Hall–Kier alpha value is -3.02. The summed E-state index contributed by atoms with van der Waals surface area (Å²) in [5, 5.41) is 18.5. The summed E-state index contributed by atoms with van der Waals surface area (Å²) in [4.78, 5) is 25.2. The quantitative estimate of drug-likeness (QED) is 0.821. The van der Waals surface area contributed by atoms with Gasteiger partial charge in [0.2, 0.25) is 0 Å². The first-order valence-corrected chi connectivity index (χ1v) is 8.15. The van der Waals surface area contributed by atoms with Crippen molar-refractivity contribution in [2.75, 3.05) is 22.9 Å². The van der Waals surface area contributed by atoms with E-state index in [9.17, 15) is 19.8 Å². The number of hydrogen-bond acceptors (Lipinski definition) is 2. The molecule has 0 saturated carbocycles. The van der Waals surface area contributed by atoms with Gasteiger partial charge < -0.3 is 10.2 Å². The van der Waals surface area contributed by atoms with Crippen LogP contribution in [-0.4, -0.2) is 35.5 Å². The summed E-state index contributed by atoms with van der Waals surface area (Å²) < 4.78 is 0. The monoisotopic (exact) mass is 342 g/mol. The molecule has 0 aromatic heterocycles. The van der Waals surface area contributed by atoms with Crippen molar-refractivity contribution in [2.24, 2.45) is 0 Å². The molecule has 2 aromatic carbocycles. The molecule has 0 spiro atoms. The first-order valence-electron chi connectivity index (χ1n) is 8.15. The first-order chi connectivity index (χ1) is 12.0. The summed E-state index contributed by atoms with van der Waals surface area (Å²) >= 11 is 0. The van der Waals surface area contributed by atoms with Crippen LogP contribution in [0.2, 0.25) is 0 Å². The summed E-state index contributed by atoms with van der Waals surface area (Å²) in [6.07, 6.45) is -1.40. The van der Waals surface area contributed by atoms with Gasteiger partial charge in [-0.3, -0.25) is 9.80 Å². The minimum atomic E-state index is -0.986. The Bertz CT molecular complexity index is 743. The molecule has 6 heteroatoms. The highest BCUT2D eigenvalue weighted by Crippen LogP contribution is 2.24. The Morgan fingerprint density at radius 1 is 0.840 bits per heavy atom. The predicted molar refractivity (Wildman–Crippen MR) is 97.8 cm³/mol. The van der Waals surface area contributed by atoms with E-state index >= 15 is 0 Å². The maximum absolute atomic E-state index is 11.4. The largest absolute Gasteiger partial charge is 0.465 e. The van der Waals surface area contributed by atoms with Gasteiger partial charge in [0, 0.05) is 18.8 Å². The van der Waals surface area contributed by atoms with E-state index in [-0.39, 0.29) is 0 Å². The molecule has 25 heavy (non-hydrogen) atoms. The van der Waals surface area contributed by atoms with E-state index in [2.05, 4.69) is 0 Å². The van der Waals surface area contributed by atoms with Crippen molar-refractivity contribution in [3.05, 3.63) is 59.7 Å². The number of nitrogens with zero attached hydrogens (tertiary/aromatic N) is 2. The zero-order valence-corrected chi connectivity index (χ0v) is 14.3. The van der Waals surface area contributed by atoms with Crippen molar-refractivity contribution in [1.82, 2.24) is 0 Å². The van der Waals surface area contributed by atoms with E-state index in [0.717, 1.165) is 11.1 Å². The Labute approximate surface area is 146 Å². The number of hydrogen-bond donors (Lipinski definition) is 2. The summed E-state index contributed by atoms with van der Waals surface area (Å²) in [7, 11) is 0.